The van der Waals surface area contributed by atoms with Crippen molar-refractivity contribution >= 4 is 54.4 Å². The zero-order valence-corrected chi connectivity index (χ0v) is 13.1. The third-order valence-corrected chi connectivity index (χ3v) is 4.31. The number of aromatic hydroxyl groups is 1. The lowest BCUT2D eigenvalue weighted by Gasteiger charge is -2.04. The maximum Gasteiger partial charge on any atom is 0.196 e. The number of carbonyl (C=O) groups is 1. The van der Waals surface area contributed by atoms with Crippen LogP contribution >= 0.6 is 43.6 Å². The van der Waals surface area contributed by atoms with Gasteiger partial charge < -0.3 is 15.2 Å². The molecule has 1 aromatic carbocycles. The van der Waals surface area contributed by atoms with Gasteiger partial charge in [0.05, 0.1) is 10.2 Å². The van der Waals surface area contributed by atoms with Crippen LogP contribution in [0.5, 0.6) is 11.5 Å². The minimum atomic E-state index is 0.164. The fourth-order valence-electron chi connectivity index (χ4n) is 1.37. The van der Waals surface area contributed by atoms with Gasteiger partial charge >= 0.3 is 0 Å². The number of benzene rings is 1. The topological polar surface area (TPSA) is 58.6 Å². The van der Waals surface area contributed by atoms with Crippen LogP contribution in [0.25, 0.3) is 0 Å². The first-order valence-corrected chi connectivity index (χ1v) is 7.48. The lowest BCUT2D eigenvalue weighted by Crippen LogP contribution is -1.96. The summed E-state index contributed by atoms with van der Waals surface area (Å²) in [7, 11) is 0. The van der Waals surface area contributed by atoms with Crippen LogP contribution in [-0.2, 0) is 4.79 Å². The summed E-state index contributed by atoms with van der Waals surface area (Å²) in [6.07, 6.45) is 2.50. The predicted octanol–water partition coefficient (Wildman–Crippen LogP) is 3.84. The van der Waals surface area contributed by atoms with E-state index in [1.807, 2.05) is 11.5 Å². The quantitative estimate of drug-likeness (QED) is 0.654. The Morgan fingerprint density at radius 2 is 2.22 bits per heavy atom. The third-order valence-electron chi connectivity index (χ3n) is 2.21. The summed E-state index contributed by atoms with van der Waals surface area (Å²) < 4.78 is 6.45. The number of hydrogen-bond acceptors (Lipinski definition) is 5. The van der Waals surface area contributed by atoms with Crippen LogP contribution in [0.15, 0.2) is 26.5 Å². The number of fused-ring (bicyclic) bond motifs is 1. The van der Waals surface area contributed by atoms with E-state index in [4.69, 9.17) is 4.74 Å². The average Bonchev–Trinajstić information content (AvgIpc) is 2.98. The van der Waals surface area contributed by atoms with Gasteiger partial charge in [-0.2, -0.15) is 0 Å². The molecular weight excluding hydrogens is 386 g/mol. The fourth-order valence-corrected chi connectivity index (χ4v) is 3.14. The Morgan fingerprint density at radius 3 is 2.78 bits per heavy atom. The zero-order valence-electron chi connectivity index (χ0n) is 9.07. The number of carbonyl (C=O) groups excluding carboxylic acids is 1. The first-order valence-electron chi connectivity index (χ1n) is 5.01. The maximum atomic E-state index is 10.1. The van der Waals surface area contributed by atoms with Gasteiger partial charge in [0, 0.05) is 6.42 Å². The first-order chi connectivity index (χ1) is 8.59. The molecular formula is C11H9Br2NO3S. The Bertz CT molecular complexity index is 510. The van der Waals surface area contributed by atoms with Crippen molar-refractivity contribution < 1.29 is 14.6 Å². The van der Waals surface area contributed by atoms with E-state index < -0.39 is 0 Å². The molecule has 0 radical (unpaired) electrons. The molecule has 96 valence electrons. The number of phenolic OH excluding ortho intramolecular Hbond substituents is 1. The molecule has 7 heteroatoms. The Balaban J connectivity index is 0.000000169. The highest BCUT2D eigenvalue weighted by Gasteiger charge is 2.19. The normalized spacial score (nSPS) is 15.6. The number of allylic oxidation sites excluding steroid dienone is 1. The summed E-state index contributed by atoms with van der Waals surface area (Å²) in [5.74, 6) is 0.827. The molecule has 2 N–H and O–H groups in total. The van der Waals surface area contributed by atoms with Gasteiger partial charge in [-0.05, 0) is 43.3 Å². The first kappa shape index (κ1) is 13.8. The van der Waals surface area contributed by atoms with Crippen molar-refractivity contribution in [2.75, 3.05) is 12.0 Å². The highest BCUT2D eigenvalue weighted by atomic mass is 79.9. The van der Waals surface area contributed by atoms with E-state index in [2.05, 4.69) is 37.2 Å². The van der Waals surface area contributed by atoms with Crippen molar-refractivity contribution in [3.05, 3.63) is 26.5 Å². The number of nitrogens with one attached hydrogen (secondary N) is 1. The Labute approximate surface area is 125 Å². The van der Waals surface area contributed by atoms with Gasteiger partial charge in [0.1, 0.15) is 10.2 Å². The summed E-state index contributed by atoms with van der Waals surface area (Å²) in [6, 6.07) is 1.78. The van der Waals surface area contributed by atoms with E-state index in [1.54, 1.807) is 6.07 Å². The minimum absolute atomic E-state index is 0.164. The van der Waals surface area contributed by atoms with E-state index in [1.165, 1.54) is 11.8 Å². The zero-order chi connectivity index (χ0) is 13.1. The second-order valence-corrected chi connectivity index (χ2v) is 6.04. The van der Waals surface area contributed by atoms with Gasteiger partial charge in [-0.3, -0.25) is 4.79 Å². The van der Waals surface area contributed by atoms with Crippen molar-refractivity contribution in [1.82, 2.24) is 0 Å². The third kappa shape index (κ3) is 3.02. The summed E-state index contributed by atoms with van der Waals surface area (Å²) in [4.78, 5) is 10.1. The van der Waals surface area contributed by atoms with Gasteiger partial charge in [0.15, 0.2) is 17.6 Å². The molecule has 0 aromatic heterocycles. The van der Waals surface area contributed by atoms with Crippen molar-refractivity contribution in [2.45, 2.75) is 6.42 Å². The van der Waals surface area contributed by atoms with Crippen LogP contribution in [0.4, 0.5) is 5.69 Å². The van der Waals surface area contributed by atoms with E-state index in [9.17, 15) is 9.90 Å². The van der Waals surface area contributed by atoms with Crippen LogP contribution in [0.3, 0.4) is 0 Å². The SMILES string of the molecule is O=C1CC=CS1.Oc1c(Br)cc2c(c1Br)OCN2. The Kier molecular flexibility index (Phi) is 4.58. The van der Waals surface area contributed by atoms with Gasteiger partial charge in [-0.1, -0.05) is 17.8 Å². The molecule has 0 atom stereocenters. The van der Waals surface area contributed by atoms with E-state index >= 15 is 0 Å². The summed E-state index contributed by atoms with van der Waals surface area (Å²) in [5.41, 5.74) is 0.881. The van der Waals surface area contributed by atoms with Crippen LogP contribution in [0.1, 0.15) is 6.42 Å². The van der Waals surface area contributed by atoms with E-state index in [0.29, 0.717) is 27.8 Å². The molecule has 0 saturated carbocycles. The predicted molar refractivity (Wildman–Crippen MR) is 79.0 cm³/mol. The molecule has 0 spiro atoms. The monoisotopic (exact) mass is 393 g/mol. The molecule has 0 aliphatic carbocycles. The lowest BCUT2D eigenvalue weighted by molar-refractivity contribution is -0.110. The number of halogens is 2. The molecule has 2 heterocycles. The van der Waals surface area contributed by atoms with Crippen LogP contribution in [0.2, 0.25) is 0 Å². The van der Waals surface area contributed by atoms with E-state index in [-0.39, 0.29) is 10.9 Å². The molecule has 1 aromatic rings. The highest BCUT2D eigenvalue weighted by molar-refractivity contribution is 9.11. The van der Waals surface area contributed by atoms with Crippen molar-refractivity contribution in [3.8, 4) is 11.5 Å². The molecule has 0 amide bonds. The Hall–Kier alpha value is -0.660. The molecule has 3 rings (SSSR count). The minimum Gasteiger partial charge on any atom is -0.505 e. The van der Waals surface area contributed by atoms with Gasteiger partial charge in [0.25, 0.3) is 0 Å². The molecule has 2 aliphatic rings. The van der Waals surface area contributed by atoms with Crippen LogP contribution in [-0.4, -0.2) is 17.0 Å². The second-order valence-electron chi connectivity index (χ2n) is 3.43. The number of rotatable bonds is 0. The molecule has 4 nitrogen and oxygen atoms in total. The van der Waals surface area contributed by atoms with Crippen molar-refractivity contribution in [2.24, 2.45) is 0 Å². The number of hydrogen-bond donors (Lipinski definition) is 2. The number of thioether (sulfide) groups is 1. The van der Waals surface area contributed by atoms with Gasteiger partial charge in [-0.15, -0.1) is 0 Å². The standard InChI is InChI=1S/C7H5Br2NO2.C4H4OS/c8-3-1-4-7(12-2-10-4)5(9)6(3)11;5-4-2-1-3-6-4/h1,10-11H,2H2;1,3H,2H2. The van der Waals surface area contributed by atoms with Crippen molar-refractivity contribution in [3.63, 3.8) is 0 Å². The van der Waals surface area contributed by atoms with Gasteiger partial charge in [0.2, 0.25) is 0 Å². The molecule has 0 saturated heterocycles. The number of ether oxygens (including phenoxy) is 1. The molecule has 0 fully saturated rings. The second kappa shape index (κ2) is 5.99. The van der Waals surface area contributed by atoms with Crippen LogP contribution < -0.4 is 10.1 Å². The van der Waals surface area contributed by atoms with Gasteiger partial charge in [-0.25, -0.2) is 0 Å². The highest BCUT2D eigenvalue weighted by Crippen LogP contribution is 2.46. The summed E-state index contributed by atoms with van der Waals surface area (Å²) in [5, 5.41) is 14.6. The van der Waals surface area contributed by atoms with Crippen LogP contribution in [0, 0.1) is 0 Å². The molecule has 18 heavy (non-hydrogen) atoms. The average molecular weight is 395 g/mol. The van der Waals surface area contributed by atoms with E-state index in [0.717, 1.165) is 5.69 Å². The fraction of sp³-hybridized carbons (Fsp3) is 0.182. The maximum absolute atomic E-state index is 10.1. The summed E-state index contributed by atoms with van der Waals surface area (Å²) in [6.45, 7) is 0.448. The molecule has 0 unspecified atom stereocenters. The number of phenols is 1. The smallest absolute Gasteiger partial charge is 0.196 e. The van der Waals surface area contributed by atoms with Crippen molar-refractivity contribution in [1.29, 1.82) is 0 Å². The summed E-state index contributed by atoms with van der Waals surface area (Å²) >= 11 is 7.74. The molecule has 2 aliphatic heterocycles. The largest absolute Gasteiger partial charge is 0.505 e. The number of anilines is 1. The lowest BCUT2D eigenvalue weighted by atomic mass is 10.3. The molecule has 0 bridgehead atoms. The Morgan fingerprint density at radius 1 is 1.44 bits per heavy atom.